The highest BCUT2D eigenvalue weighted by Gasteiger charge is 2.22. The number of H-pyrrole nitrogens is 1. The zero-order chi connectivity index (χ0) is 43.6. The number of phenols is 1. The maximum absolute atomic E-state index is 13.3. The molecule has 7 N–H and O–H groups in total. The van der Waals surface area contributed by atoms with Crippen molar-refractivity contribution in [1.82, 2.24) is 9.78 Å². The van der Waals surface area contributed by atoms with Gasteiger partial charge in [0.15, 0.2) is 17.1 Å². The summed E-state index contributed by atoms with van der Waals surface area (Å²) in [6.07, 6.45) is 0. The Morgan fingerprint density at radius 1 is 0.705 bits per heavy atom. The Morgan fingerprint density at radius 3 is 2.05 bits per heavy atom. The van der Waals surface area contributed by atoms with Crippen LogP contribution in [0.4, 0.5) is 34.1 Å². The zero-order valence-corrected chi connectivity index (χ0v) is 33.2. The number of ether oxygens (including phenoxy) is 1. The van der Waals surface area contributed by atoms with Crippen LogP contribution in [0.25, 0.3) is 16.5 Å². The molecule has 314 valence electrons. The summed E-state index contributed by atoms with van der Waals surface area (Å²) in [5.74, 6) is -3.06. The van der Waals surface area contributed by atoms with Gasteiger partial charge in [0.25, 0.3) is 5.56 Å². The van der Waals surface area contributed by atoms with E-state index in [-0.39, 0.29) is 55.7 Å². The molecule has 5 aromatic carbocycles. The van der Waals surface area contributed by atoms with Gasteiger partial charge in [-0.1, -0.05) is 16.1 Å². The second-order valence-corrected chi connectivity index (χ2v) is 14.1. The molecule has 61 heavy (non-hydrogen) atoms. The van der Waals surface area contributed by atoms with E-state index >= 15 is 0 Å². The van der Waals surface area contributed by atoms with Crippen LogP contribution in [0.2, 0.25) is 0 Å². The molecule has 0 aliphatic carbocycles. The van der Waals surface area contributed by atoms with Gasteiger partial charge in [0.1, 0.15) is 22.8 Å². The summed E-state index contributed by atoms with van der Waals surface area (Å²) in [5, 5.41) is 91.9. The van der Waals surface area contributed by atoms with Crippen molar-refractivity contribution in [3.63, 3.8) is 0 Å². The normalized spacial score (nSPS) is 11.8. The van der Waals surface area contributed by atoms with Crippen LogP contribution in [-0.4, -0.2) is 59.9 Å². The molecule has 0 aliphatic heterocycles. The van der Waals surface area contributed by atoms with Gasteiger partial charge in [-0.05, 0) is 84.6 Å². The van der Waals surface area contributed by atoms with Gasteiger partial charge >= 0.3 is 11.9 Å². The number of aromatic nitrogens is 2. The maximum atomic E-state index is 13.3. The first-order valence-corrected chi connectivity index (χ1v) is 18.8. The Balaban J connectivity index is 1.30. The van der Waals surface area contributed by atoms with Gasteiger partial charge in [0.05, 0.1) is 70.8 Å². The Hall–Kier alpha value is -6.56. The molecule has 0 spiro atoms. The van der Waals surface area contributed by atoms with Gasteiger partial charge in [-0.3, -0.25) is 9.89 Å². The Labute approximate surface area is 352 Å². The van der Waals surface area contributed by atoms with E-state index in [4.69, 9.17) is 15.3 Å². The highest BCUT2D eigenvalue weighted by molar-refractivity contribution is 7.95. The number of nitrogens with zero attached hydrogens (tertiary/aromatic N) is 7. The maximum Gasteiger partial charge on any atom is 0.356 e. The number of carbonyl (C=O) groups is 2. The van der Waals surface area contributed by atoms with E-state index in [9.17, 15) is 35.0 Å². The van der Waals surface area contributed by atoms with E-state index in [1.807, 2.05) is 0 Å². The summed E-state index contributed by atoms with van der Waals surface area (Å²) >= 11 is 1.72. The molecule has 1 heterocycles. The molecule has 0 atom stereocenters. The summed E-state index contributed by atoms with van der Waals surface area (Å²) in [6.45, 7) is 1.67. The summed E-state index contributed by atoms with van der Waals surface area (Å²) < 4.78 is 19.4. The molecular formula is C35H26N8O15S3. The van der Waals surface area contributed by atoms with Crippen LogP contribution in [0.5, 0.6) is 11.5 Å². The number of aromatic amines is 1. The van der Waals surface area contributed by atoms with Gasteiger partial charge in [-0.2, -0.15) is 14.6 Å². The van der Waals surface area contributed by atoms with Gasteiger partial charge in [0.2, 0.25) is 0 Å². The number of phenolic OH excluding ortho intramolecular Hbond substituents is 1. The number of hydrogen-bond acceptors (Lipinski definition) is 22. The average molecular weight is 895 g/mol. The molecular weight excluding hydrogens is 869 g/mol. The molecule has 0 radical (unpaired) electrons. The molecule has 0 fully saturated rings. The number of carboxylic acid groups (broad SMARTS) is 2. The third kappa shape index (κ3) is 10.3. The summed E-state index contributed by atoms with van der Waals surface area (Å²) in [5.41, 5.74) is -0.958. The SMILES string of the molecule is COc1cc(N=Nc2ccc(SOOO)cc2C(=O)O)c(C)cc1N=Nc1c(SOO)cc2ccc(N=Nc3c(C(=O)O)[nH]n(-c4ccc(SOOO)cc4)c3=O)cc2c1O. The molecule has 0 amide bonds. The molecule has 26 heteroatoms. The predicted molar refractivity (Wildman–Crippen MR) is 214 cm³/mol. The van der Waals surface area contributed by atoms with E-state index < -0.39 is 34.6 Å². The summed E-state index contributed by atoms with van der Waals surface area (Å²) in [7, 11) is 1.36. The lowest BCUT2D eigenvalue weighted by Gasteiger charge is -2.10. The number of methoxy groups -OCH3 is 1. The third-order valence-corrected chi connectivity index (χ3v) is 9.88. The molecule has 0 aliphatic rings. The number of fused-ring (bicyclic) bond motifs is 1. The van der Waals surface area contributed by atoms with Crippen molar-refractivity contribution in [1.29, 1.82) is 0 Å². The van der Waals surface area contributed by atoms with Crippen LogP contribution in [0.1, 0.15) is 26.4 Å². The van der Waals surface area contributed by atoms with Crippen molar-refractivity contribution in [3.05, 3.63) is 106 Å². The fourth-order valence-corrected chi connectivity index (χ4v) is 6.59. The minimum atomic E-state index is -1.49. The highest BCUT2D eigenvalue weighted by atomic mass is 32.2. The molecule has 0 saturated heterocycles. The number of azo groups is 3. The topological polar surface area (TPSA) is 323 Å². The van der Waals surface area contributed by atoms with Crippen LogP contribution >= 0.6 is 36.1 Å². The van der Waals surface area contributed by atoms with E-state index in [2.05, 4.69) is 58.9 Å². The summed E-state index contributed by atoms with van der Waals surface area (Å²) in [6, 6.07) is 19.0. The molecule has 6 rings (SSSR count). The molecule has 6 aromatic rings. The van der Waals surface area contributed by atoms with Gasteiger partial charge in [0, 0.05) is 21.2 Å². The van der Waals surface area contributed by atoms with Gasteiger partial charge < -0.3 is 20.1 Å². The van der Waals surface area contributed by atoms with Gasteiger partial charge in [-0.25, -0.2) is 30.0 Å². The third-order valence-electron chi connectivity index (χ3n) is 8.14. The van der Waals surface area contributed by atoms with Crippen LogP contribution in [0.3, 0.4) is 0 Å². The van der Waals surface area contributed by atoms with E-state index in [0.717, 1.165) is 4.68 Å². The fraction of sp³-hybridized carbons (Fsp3) is 0.0571. The van der Waals surface area contributed by atoms with Crippen LogP contribution in [0.15, 0.2) is 129 Å². The first kappa shape index (κ1) is 44.0. The molecule has 0 bridgehead atoms. The second kappa shape index (κ2) is 20.1. The number of aromatic carboxylic acids is 2. The van der Waals surface area contributed by atoms with E-state index in [0.29, 0.717) is 56.9 Å². The standard InChI is InChI=1S/C35H26N8O15S3/c1-16-11-26(27(53-2)15-25(16)38-37-24-10-9-21(60-58-55-51)14-23(24)34(46)47)39-40-29-28(61-56-52)12-17-3-4-18(13-22(17)32(29)44)36-41-30-31(35(48)49)42-43(33(30)45)19-5-7-20(8-6-19)59-57-54-50/h3-15,42,44,50-52H,1-2H3,(H,46,47)(H,48,49). The van der Waals surface area contributed by atoms with Crippen LogP contribution in [-0.2, 0) is 23.1 Å². The first-order chi connectivity index (χ1) is 29.5. The smallest absolute Gasteiger partial charge is 0.356 e. The Kier molecular flexibility index (Phi) is 14.5. The number of aromatic hydroxyl groups is 1. The lowest BCUT2D eigenvalue weighted by molar-refractivity contribution is -0.432. The van der Waals surface area contributed by atoms with Crippen molar-refractivity contribution < 1.29 is 68.5 Å². The van der Waals surface area contributed by atoms with Crippen molar-refractivity contribution in [2.75, 3.05) is 7.11 Å². The average Bonchev–Trinajstić information content (AvgIpc) is 3.59. The van der Waals surface area contributed by atoms with Crippen molar-refractivity contribution in [2.24, 2.45) is 30.7 Å². The quantitative estimate of drug-likeness (QED) is 0.0182. The monoisotopic (exact) mass is 894 g/mol. The highest BCUT2D eigenvalue weighted by Crippen LogP contribution is 2.46. The number of aryl methyl sites for hydroxylation is 1. The van der Waals surface area contributed by atoms with Crippen molar-refractivity contribution >= 4 is 93.0 Å². The molecule has 23 nitrogen and oxygen atoms in total. The second-order valence-electron chi connectivity index (χ2n) is 11.8. The lowest BCUT2D eigenvalue weighted by Crippen LogP contribution is -2.13. The Morgan fingerprint density at radius 2 is 1.38 bits per heavy atom. The van der Waals surface area contributed by atoms with Crippen LogP contribution in [0, 0.1) is 6.92 Å². The summed E-state index contributed by atoms with van der Waals surface area (Å²) in [4.78, 5) is 38.2. The van der Waals surface area contributed by atoms with Crippen molar-refractivity contribution in [3.8, 4) is 17.2 Å². The minimum Gasteiger partial charge on any atom is -0.505 e. The largest absolute Gasteiger partial charge is 0.505 e. The fourth-order valence-electron chi connectivity index (χ4n) is 5.36. The number of hydrogen-bond donors (Lipinski definition) is 7. The van der Waals surface area contributed by atoms with Crippen LogP contribution < -0.4 is 10.3 Å². The minimum absolute atomic E-state index is 0.00937. The predicted octanol–water partition coefficient (Wildman–Crippen LogP) is 10.3. The Bertz CT molecular complexity index is 2760. The van der Waals surface area contributed by atoms with Gasteiger partial charge in [-0.15, -0.1) is 29.1 Å². The number of rotatable bonds is 18. The number of carboxylic acids is 2. The van der Waals surface area contributed by atoms with E-state index in [1.54, 1.807) is 13.0 Å². The molecule has 0 saturated carbocycles. The number of nitrogens with one attached hydrogen (secondary N) is 1. The zero-order valence-electron chi connectivity index (χ0n) is 30.7. The molecule has 1 aromatic heterocycles. The first-order valence-electron chi connectivity index (χ1n) is 16.5. The molecule has 0 unspecified atom stereocenters. The number of benzene rings is 5. The lowest BCUT2D eigenvalue weighted by atomic mass is 10.1. The van der Waals surface area contributed by atoms with Crippen molar-refractivity contribution in [2.45, 2.75) is 21.6 Å². The van der Waals surface area contributed by atoms with E-state index in [1.165, 1.54) is 79.9 Å².